The van der Waals surface area contributed by atoms with Crippen LogP contribution in [-0.4, -0.2) is 23.2 Å². The molecule has 3 rings (SSSR count). The van der Waals surface area contributed by atoms with E-state index < -0.39 is 5.82 Å². The van der Waals surface area contributed by atoms with Crippen LogP contribution in [0.1, 0.15) is 30.2 Å². The van der Waals surface area contributed by atoms with Crippen molar-refractivity contribution >= 4 is 0 Å². The first kappa shape index (κ1) is 13.7. The number of likely N-dealkylation sites (N-methyl/N-ethyl adjacent to an activating group) is 1. The molecule has 1 N–H and O–H groups in total. The Balaban J connectivity index is 1.81. The molecule has 1 heterocycles. The summed E-state index contributed by atoms with van der Waals surface area (Å²) in [6, 6.07) is 6.62. The van der Waals surface area contributed by atoms with E-state index in [1.54, 1.807) is 19.2 Å². The lowest BCUT2D eigenvalue weighted by molar-refractivity contribution is 0.380. The Kier molecular flexibility index (Phi) is 3.67. The summed E-state index contributed by atoms with van der Waals surface area (Å²) < 4.78 is 19.3. The third-order valence-electron chi connectivity index (χ3n) is 3.59. The van der Waals surface area contributed by atoms with Crippen LogP contribution in [0.5, 0.6) is 0 Å². The molecule has 0 amide bonds. The highest BCUT2D eigenvalue weighted by Gasteiger charge is 2.30. The van der Waals surface area contributed by atoms with Gasteiger partial charge in [-0.2, -0.15) is 10.2 Å². The Morgan fingerprint density at radius 3 is 2.95 bits per heavy atom. The van der Waals surface area contributed by atoms with Gasteiger partial charge in [-0.25, -0.2) is 4.39 Å². The van der Waals surface area contributed by atoms with Gasteiger partial charge in [-0.05, 0) is 37.6 Å². The summed E-state index contributed by atoms with van der Waals surface area (Å²) in [5.41, 5.74) is 1.08. The summed E-state index contributed by atoms with van der Waals surface area (Å²) in [4.78, 5) is 4.24. The molecule has 1 saturated carbocycles. The lowest BCUT2D eigenvalue weighted by Crippen LogP contribution is -2.25. The van der Waals surface area contributed by atoms with Gasteiger partial charge in [0.2, 0.25) is 11.7 Å². The van der Waals surface area contributed by atoms with E-state index in [1.165, 1.54) is 6.07 Å². The maximum absolute atomic E-state index is 14.2. The van der Waals surface area contributed by atoms with Crippen LogP contribution in [0.15, 0.2) is 22.7 Å². The van der Waals surface area contributed by atoms with E-state index in [0.29, 0.717) is 23.8 Å². The van der Waals surface area contributed by atoms with Crippen LogP contribution in [0.4, 0.5) is 4.39 Å². The van der Waals surface area contributed by atoms with Crippen molar-refractivity contribution in [2.45, 2.75) is 31.2 Å². The molecule has 1 fully saturated rings. The summed E-state index contributed by atoms with van der Waals surface area (Å²) in [7, 11) is 1.71. The van der Waals surface area contributed by atoms with Crippen LogP contribution < -0.4 is 5.32 Å². The van der Waals surface area contributed by atoms with E-state index >= 15 is 0 Å². The van der Waals surface area contributed by atoms with Crippen molar-refractivity contribution in [1.82, 2.24) is 15.5 Å². The molecular weight excluding hydrogens is 271 g/mol. The predicted molar refractivity (Wildman–Crippen MR) is 73.8 cm³/mol. The van der Waals surface area contributed by atoms with Crippen LogP contribution in [0.25, 0.3) is 11.4 Å². The molecule has 0 bridgehead atoms. The summed E-state index contributed by atoms with van der Waals surface area (Å²) in [5, 5.41) is 15.6. The van der Waals surface area contributed by atoms with Crippen molar-refractivity contribution in [3.8, 4) is 17.5 Å². The summed E-state index contributed by atoms with van der Waals surface area (Å²) in [6.07, 6.45) is 2.56. The fraction of sp³-hybridized carbons (Fsp3) is 0.400. The molecule has 108 valence electrons. The maximum atomic E-state index is 14.2. The van der Waals surface area contributed by atoms with Crippen molar-refractivity contribution < 1.29 is 8.91 Å². The first-order valence-electron chi connectivity index (χ1n) is 6.90. The second-order valence-electron chi connectivity index (χ2n) is 5.22. The molecule has 2 aromatic rings. The van der Waals surface area contributed by atoms with Gasteiger partial charge in [0.25, 0.3) is 0 Å². The molecule has 1 atom stereocenters. The van der Waals surface area contributed by atoms with Crippen LogP contribution in [0.3, 0.4) is 0 Å². The second-order valence-corrected chi connectivity index (χ2v) is 5.22. The molecule has 1 aromatic heterocycles. The number of halogens is 1. The smallest absolute Gasteiger partial charge is 0.230 e. The van der Waals surface area contributed by atoms with E-state index in [0.717, 1.165) is 18.4 Å². The highest BCUT2D eigenvalue weighted by Crippen LogP contribution is 2.39. The summed E-state index contributed by atoms with van der Waals surface area (Å²) in [6.45, 7) is 0. The van der Waals surface area contributed by atoms with Crippen LogP contribution in [-0.2, 0) is 6.42 Å². The molecule has 1 aromatic carbocycles. The van der Waals surface area contributed by atoms with Crippen LogP contribution in [0, 0.1) is 17.1 Å². The number of nitriles is 1. The van der Waals surface area contributed by atoms with Crippen molar-refractivity contribution in [2.75, 3.05) is 7.05 Å². The molecule has 0 spiro atoms. The Morgan fingerprint density at radius 1 is 1.52 bits per heavy atom. The van der Waals surface area contributed by atoms with Gasteiger partial charge in [-0.1, -0.05) is 11.2 Å². The summed E-state index contributed by atoms with van der Waals surface area (Å²) >= 11 is 0. The molecule has 1 aliphatic rings. The minimum Gasteiger partial charge on any atom is -0.339 e. The second kappa shape index (κ2) is 5.62. The highest BCUT2D eigenvalue weighted by molar-refractivity contribution is 5.56. The van der Waals surface area contributed by atoms with E-state index in [2.05, 4.69) is 21.5 Å². The van der Waals surface area contributed by atoms with Crippen molar-refractivity contribution in [1.29, 1.82) is 5.26 Å². The fourth-order valence-electron chi connectivity index (χ4n) is 2.16. The monoisotopic (exact) mass is 286 g/mol. The number of hydrogen-bond acceptors (Lipinski definition) is 5. The van der Waals surface area contributed by atoms with Crippen molar-refractivity contribution in [3.63, 3.8) is 0 Å². The number of rotatable bonds is 5. The van der Waals surface area contributed by atoms with Gasteiger partial charge in [0.15, 0.2) is 0 Å². The summed E-state index contributed by atoms with van der Waals surface area (Å²) in [5.74, 6) is 0.823. The Bertz CT molecular complexity index is 687. The van der Waals surface area contributed by atoms with Gasteiger partial charge in [-0.15, -0.1) is 0 Å². The van der Waals surface area contributed by atoms with Gasteiger partial charge in [0.05, 0.1) is 17.7 Å². The number of benzene rings is 1. The van der Waals surface area contributed by atoms with Crippen molar-refractivity contribution in [2.24, 2.45) is 0 Å². The quantitative estimate of drug-likeness (QED) is 0.913. The predicted octanol–water partition coefficient (Wildman–Crippen LogP) is 2.41. The molecule has 1 unspecified atom stereocenters. The van der Waals surface area contributed by atoms with Crippen molar-refractivity contribution in [3.05, 3.63) is 35.5 Å². The number of hydrogen-bond donors (Lipinski definition) is 1. The van der Waals surface area contributed by atoms with Gasteiger partial charge in [0.1, 0.15) is 5.82 Å². The third-order valence-corrected chi connectivity index (χ3v) is 3.59. The zero-order valence-corrected chi connectivity index (χ0v) is 11.6. The minimum atomic E-state index is -0.400. The van der Waals surface area contributed by atoms with Crippen LogP contribution in [0.2, 0.25) is 0 Å². The first-order chi connectivity index (χ1) is 10.2. The number of nitrogens with zero attached hydrogens (tertiary/aromatic N) is 3. The fourth-order valence-corrected chi connectivity index (χ4v) is 2.16. The Labute approximate surface area is 121 Å². The lowest BCUT2D eigenvalue weighted by Gasteiger charge is -2.08. The number of nitrogens with one attached hydrogen (secondary N) is 1. The topological polar surface area (TPSA) is 74.7 Å². The molecule has 0 aliphatic heterocycles. The highest BCUT2D eigenvalue weighted by atomic mass is 19.1. The number of aromatic nitrogens is 2. The first-order valence-corrected chi connectivity index (χ1v) is 6.90. The molecule has 0 radical (unpaired) electrons. The normalized spacial score (nSPS) is 15.7. The average Bonchev–Trinajstić information content (AvgIpc) is 3.23. The Morgan fingerprint density at radius 2 is 2.33 bits per heavy atom. The average molecular weight is 286 g/mol. The zero-order valence-electron chi connectivity index (χ0n) is 11.6. The Hall–Kier alpha value is -2.26. The van der Waals surface area contributed by atoms with Crippen LogP contribution >= 0.6 is 0 Å². The molecular formula is C15H15FN4O. The van der Waals surface area contributed by atoms with E-state index in [9.17, 15) is 4.39 Å². The molecule has 5 nitrogen and oxygen atoms in total. The van der Waals surface area contributed by atoms with E-state index in [4.69, 9.17) is 9.78 Å². The zero-order chi connectivity index (χ0) is 14.8. The van der Waals surface area contributed by atoms with Gasteiger partial charge in [-0.3, -0.25) is 0 Å². The molecule has 1 aliphatic carbocycles. The van der Waals surface area contributed by atoms with Gasteiger partial charge in [0, 0.05) is 12.3 Å². The lowest BCUT2D eigenvalue weighted by atomic mass is 10.0. The molecule has 21 heavy (non-hydrogen) atoms. The standard InChI is InChI=1S/C15H15FN4O/c1-18-11(8-17)6-9-2-5-12(13(16)7-9)14-19-15(21-20-14)10-3-4-10/h2,5,7,10-11,18H,3-4,6H2,1H3. The largest absolute Gasteiger partial charge is 0.339 e. The molecule has 0 saturated heterocycles. The maximum Gasteiger partial charge on any atom is 0.230 e. The minimum absolute atomic E-state index is 0.284. The molecule has 6 heteroatoms. The van der Waals surface area contributed by atoms with E-state index in [-0.39, 0.29) is 11.9 Å². The van der Waals surface area contributed by atoms with E-state index in [1.807, 2.05) is 0 Å². The third kappa shape index (κ3) is 2.93. The van der Waals surface area contributed by atoms with Gasteiger partial charge < -0.3 is 9.84 Å². The van der Waals surface area contributed by atoms with Gasteiger partial charge >= 0.3 is 0 Å². The SMILES string of the molecule is CNC(C#N)Cc1ccc(-c2noc(C3CC3)n2)c(F)c1.